The van der Waals surface area contributed by atoms with Crippen molar-refractivity contribution in [1.29, 1.82) is 0 Å². The number of pyridine rings is 1. The van der Waals surface area contributed by atoms with Crippen molar-refractivity contribution in [3.05, 3.63) is 30.1 Å². The van der Waals surface area contributed by atoms with Crippen LogP contribution in [0.15, 0.2) is 24.5 Å². The number of alkyl halides is 3. The summed E-state index contributed by atoms with van der Waals surface area (Å²) < 4.78 is 43.4. The lowest BCUT2D eigenvalue weighted by Gasteiger charge is -2.21. The van der Waals surface area contributed by atoms with Crippen molar-refractivity contribution < 1.29 is 37.3 Å². The summed E-state index contributed by atoms with van der Waals surface area (Å²) in [6.07, 6.45) is -0.293. The molecule has 0 unspecified atom stereocenters. The van der Waals surface area contributed by atoms with Gasteiger partial charge in [-0.25, -0.2) is 4.79 Å². The zero-order valence-electron chi connectivity index (χ0n) is 17.0. The minimum atomic E-state index is -5.08. The van der Waals surface area contributed by atoms with E-state index in [2.05, 4.69) is 4.98 Å². The Labute approximate surface area is 173 Å². The summed E-state index contributed by atoms with van der Waals surface area (Å²) in [6.45, 7) is 7.69. The number of aliphatic carboxylic acids is 1. The van der Waals surface area contributed by atoms with Crippen LogP contribution in [-0.2, 0) is 25.7 Å². The Morgan fingerprint density at radius 2 is 1.93 bits per heavy atom. The highest BCUT2D eigenvalue weighted by Crippen LogP contribution is 2.36. The van der Waals surface area contributed by atoms with Crippen molar-refractivity contribution in [2.45, 2.75) is 39.2 Å². The van der Waals surface area contributed by atoms with Crippen LogP contribution in [0.2, 0.25) is 0 Å². The van der Waals surface area contributed by atoms with E-state index in [4.69, 9.17) is 19.4 Å². The third-order valence-electron chi connectivity index (χ3n) is 5.14. The van der Waals surface area contributed by atoms with E-state index in [1.165, 1.54) is 0 Å². The number of hydrogen-bond acceptors (Lipinski definition) is 5. The number of amides is 1. The smallest absolute Gasteiger partial charge is 0.475 e. The van der Waals surface area contributed by atoms with Gasteiger partial charge in [0.05, 0.1) is 19.3 Å². The lowest BCUT2D eigenvalue weighted by molar-refractivity contribution is -0.192. The fourth-order valence-electron chi connectivity index (χ4n) is 3.55. The van der Waals surface area contributed by atoms with Crippen molar-refractivity contribution in [2.24, 2.45) is 17.8 Å². The van der Waals surface area contributed by atoms with Crippen LogP contribution in [0.1, 0.15) is 25.8 Å². The van der Waals surface area contributed by atoms with Gasteiger partial charge in [0.25, 0.3) is 0 Å². The van der Waals surface area contributed by atoms with Crippen molar-refractivity contribution >= 4 is 11.9 Å². The number of rotatable bonds is 6. The highest BCUT2D eigenvalue weighted by atomic mass is 19.4. The van der Waals surface area contributed by atoms with Gasteiger partial charge in [-0.05, 0) is 30.0 Å². The van der Waals surface area contributed by atoms with E-state index in [-0.39, 0.29) is 17.9 Å². The molecule has 2 saturated heterocycles. The van der Waals surface area contributed by atoms with Gasteiger partial charge in [0, 0.05) is 43.9 Å². The predicted octanol–water partition coefficient (Wildman–Crippen LogP) is 2.75. The summed E-state index contributed by atoms with van der Waals surface area (Å²) in [5.41, 5.74) is 1.15. The number of carboxylic acid groups (broad SMARTS) is 1. The van der Waals surface area contributed by atoms with E-state index in [0.717, 1.165) is 38.3 Å². The second-order valence-electron chi connectivity index (χ2n) is 7.69. The van der Waals surface area contributed by atoms with E-state index in [0.29, 0.717) is 18.4 Å². The molecular formula is C20H27F3N2O5. The molecule has 1 aromatic rings. The standard InChI is InChI=1S/C18H26N2O3.C2HF3O2/c1-13(2)18(21)20-9-16-15(12-23-17(16)10-20)5-8-22-11-14-3-6-19-7-4-14;3-2(4,5)1(6)7/h3-4,6-7,13,15-17H,5,8-12H2,1-2H3;(H,6,7)/t15-,16-,17-;/m0./s1. The lowest BCUT2D eigenvalue weighted by atomic mass is 9.91. The first-order valence-corrected chi connectivity index (χ1v) is 9.76. The van der Waals surface area contributed by atoms with Crippen molar-refractivity contribution in [3.63, 3.8) is 0 Å². The molecule has 2 fully saturated rings. The first-order valence-electron chi connectivity index (χ1n) is 9.76. The van der Waals surface area contributed by atoms with Crippen LogP contribution in [-0.4, -0.2) is 65.5 Å². The SMILES string of the molecule is CC(C)C(=O)N1C[C@H]2[C@@H](CCOCc3ccncc3)CO[C@H]2C1.O=C(O)C(F)(F)F. The van der Waals surface area contributed by atoms with Crippen LogP contribution in [0.25, 0.3) is 0 Å². The zero-order chi connectivity index (χ0) is 22.3. The molecule has 3 atom stereocenters. The molecule has 7 nitrogen and oxygen atoms in total. The maximum atomic E-state index is 12.1. The summed E-state index contributed by atoms with van der Waals surface area (Å²) in [4.78, 5) is 27.0. The van der Waals surface area contributed by atoms with Gasteiger partial charge in [0.1, 0.15) is 0 Å². The second-order valence-corrected chi connectivity index (χ2v) is 7.69. The largest absolute Gasteiger partial charge is 0.490 e. The molecule has 168 valence electrons. The normalized spacial score (nSPS) is 23.1. The van der Waals surface area contributed by atoms with Gasteiger partial charge in [0.15, 0.2) is 0 Å². The highest BCUT2D eigenvalue weighted by molar-refractivity contribution is 5.78. The molecule has 0 bridgehead atoms. The molecule has 1 aromatic heterocycles. The average Bonchev–Trinajstić information content (AvgIpc) is 3.26. The summed E-state index contributed by atoms with van der Waals surface area (Å²) in [7, 11) is 0. The molecule has 2 aliphatic rings. The van der Waals surface area contributed by atoms with Crippen molar-refractivity contribution in [3.8, 4) is 0 Å². The minimum Gasteiger partial charge on any atom is -0.475 e. The van der Waals surface area contributed by atoms with Crippen molar-refractivity contribution in [1.82, 2.24) is 9.88 Å². The maximum absolute atomic E-state index is 12.1. The summed E-state index contributed by atoms with van der Waals surface area (Å²) in [6, 6.07) is 3.95. The van der Waals surface area contributed by atoms with Gasteiger partial charge < -0.3 is 19.5 Å². The summed E-state index contributed by atoms with van der Waals surface area (Å²) in [5.74, 6) is -1.47. The number of carbonyl (C=O) groups is 2. The number of carboxylic acids is 1. The molecule has 3 rings (SSSR count). The van der Waals surface area contributed by atoms with E-state index in [1.54, 1.807) is 12.4 Å². The van der Waals surface area contributed by atoms with E-state index in [9.17, 15) is 18.0 Å². The molecule has 0 spiro atoms. The molecule has 3 heterocycles. The first kappa shape index (κ1) is 24.1. The third kappa shape index (κ3) is 6.94. The third-order valence-corrected chi connectivity index (χ3v) is 5.14. The Morgan fingerprint density at radius 1 is 1.30 bits per heavy atom. The Kier molecular flexibility index (Phi) is 8.60. The topological polar surface area (TPSA) is 89.0 Å². The van der Waals surface area contributed by atoms with Gasteiger partial charge in [-0.2, -0.15) is 13.2 Å². The molecule has 0 radical (unpaired) electrons. The van der Waals surface area contributed by atoms with Crippen LogP contribution in [0.5, 0.6) is 0 Å². The fraction of sp³-hybridized carbons (Fsp3) is 0.650. The number of likely N-dealkylation sites (tertiary alicyclic amines) is 1. The quantitative estimate of drug-likeness (QED) is 0.696. The molecule has 0 aliphatic carbocycles. The maximum Gasteiger partial charge on any atom is 0.490 e. The first-order chi connectivity index (χ1) is 14.1. The molecular weight excluding hydrogens is 405 g/mol. The Morgan fingerprint density at radius 3 is 2.50 bits per heavy atom. The molecule has 30 heavy (non-hydrogen) atoms. The van der Waals surface area contributed by atoms with Crippen LogP contribution >= 0.6 is 0 Å². The average molecular weight is 432 g/mol. The van der Waals surface area contributed by atoms with E-state index >= 15 is 0 Å². The highest BCUT2D eigenvalue weighted by Gasteiger charge is 2.45. The number of ether oxygens (including phenoxy) is 2. The monoisotopic (exact) mass is 432 g/mol. The Bertz CT molecular complexity index is 699. The Balaban J connectivity index is 0.000000396. The van der Waals surface area contributed by atoms with Crippen molar-refractivity contribution in [2.75, 3.05) is 26.3 Å². The fourth-order valence-corrected chi connectivity index (χ4v) is 3.55. The number of carbonyl (C=O) groups excluding carboxylic acids is 1. The van der Waals surface area contributed by atoms with Crippen LogP contribution < -0.4 is 0 Å². The molecule has 1 N–H and O–H groups in total. The van der Waals surface area contributed by atoms with Gasteiger partial charge in [-0.1, -0.05) is 13.8 Å². The van der Waals surface area contributed by atoms with Crippen LogP contribution in [0, 0.1) is 17.8 Å². The number of aromatic nitrogens is 1. The molecule has 0 saturated carbocycles. The number of fused-ring (bicyclic) bond motifs is 1. The number of nitrogens with zero attached hydrogens (tertiary/aromatic N) is 2. The predicted molar refractivity (Wildman–Crippen MR) is 100 cm³/mol. The number of hydrogen-bond donors (Lipinski definition) is 1. The Hall–Kier alpha value is -2.20. The van der Waals surface area contributed by atoms with Gasteiger partial charge in [0.2, 0.25) is 5.91 Å². The molecule has 0 aromatic carbocycles. The van der Waals surface area contributed by atoms with Gasteiger partial charge >= 0.3 is 12.1 Å². The molecule has 1 amide bonds. The lowest BCUT2D eigenvalue weighted by Crippen LogP contribution is -2.34. The number of halogens is 3. The summed E-state index contributed by atoms with van der Waals surface area (Å²) in [5, 5.41) is 7.12. The zero-order valence-corrected chi connectivity index (χ0v) is 17.0. The van der Waals surface area contributed by atoms with Crippen LogP contribution in [0.4, 0.5) is 13.2 Å². The van der Waals surface area contributed by atoms with E-state index < -0.39 is 12.1 Å². The van der Waals surface area contributed by atoms with Gasteiger partial charge in [-0.15, -0.1) is 0 Å². The molecule has 2 aliphatic heterocycles. The summed E-state index contributed by atoms with van der Waals surface area (Å²) >= 11 is 0. The van der Waals surface area contributed by atoms with E-state index in [1.807, 2.05) is 30.9 Å². The second kappa shape index (κ2) is 10.7. The molecule has 10 heteroatoms. The minimum absolute atomic E-state index is 0.0657. The van der Waals surface area contributed by atoms with Crippen LogP contribution in [0.3, 0.4) is 0 Å². The van der Waals surface area contributed by atoms with Gasteiger partial charge in [-0.3, -0.25) is 9.78 Å².